The van der Waals surface area contributed by atoms with E-state index in [1.807, 2.05) is 32.0 Å². The maximum absolute atomic E-state index is 11.9. The van der Waals surface area contributed by atoms with E-state index in [9.17, 15) is 9.59 Å². The molecule has 3 aromatic rings. The van der Waals surface area contributed by atoms with Crippen LogP contribution in [0.4, 0.5) is 0 Å². The lowest BCUT2D eigenvalue weighted by Crippen LogP contribution is -2.05. The van der Waals surface area contributed by atoms with Gasteiger partial charge in [-0.25, -0.2) is 4.79 Å². The van der Waals surface area contributed by atoms with Crippen LogP contribution in [-0.4, -0.2) is 12.9 Å². The van der Waals surface area contributed by atoms with Gasteiger partial charge in [-0.1, -0.05) is 26.0 Å². The minimum atomic E-state index is -0.426. The van der Waals surface area contributed by atoms with E-state index in [1.54, 1.807) is 18.2 Å². The van der Waals surface area contributed by atoms with Gasteiger partial charge in [-0.3, -0.25) is 4.79 Å². The van der Waals surface area contributed by atoms with E-state index >= 15 is 0 Å². The van der Waals surface area contributed by atoms with E-state index in [-0.39, 0.29) is 6.61 Å². The lowest BCUT2D eigenvalue weighted by Gasteiger charge is -2.12. The Morgan fingerprint density at radius 1 is 1.04 bits per heavy atom. The van der Waals surface area contributed by atoms with E-state index in [2.05, 4.69) is 0 Å². The molecule has 1 heterocycles. The molecule has 140 valence electrons. The largest absolute Gasteiger partial charge is 0.493 e. The van der Waals surface area contributed by atoms with Crippen molar-refractivity contribution < 1.29 is 18.7 Å². The Hall–Kier alpha value is -3.08. The van der Waals surface area contributed by atoms with Crippen LogP contribution in [0.25, 0.3) is 11.0 Å². The van der Waals surface area contributed by atoms with Crippen LogP contribution in [0.1, 0.15) is 41.8 Å². The first-order valence-electron chi connectivity index (χ1n) is 9.05. The monoisotopic (exact) mass is 366 g/mol. The summed E-state index contributed by atoms with van der Waals surface area (Å²) in [6.07, 6.45) is 2.48. The minimum Gasteiger partial charge on any atom is -0.493 e. The second-order valence-corrected chi connectivity index (χ2v) is 6.23. The van der Waals surface area contributed by atoms with Crippen LogP contribution in [0.15, 0.2) is 51.7 Å². The summed E-state index contributed by atoms with van der Waals surface area (Å²) in [5.41, 5.74) is 2.34. The van der Waals surface area contributed by atoms with E-state index < -0.39 is 5.63 Å². The maximum Gasteiger partial charge on any atom is 0.336 e. The molecule has 5 heteroatoms. The van der Waals surface area contributed by atoms with Crippen LogP contribution in [0, 0.1) is 0 Å². The van der Waals surface area contributed by atoms with Gasteiger partial charge in [0.1, 0.15) is 23.7 Å². The Labute approximate surface area is 157 Å². The fourth-order valence-electron chi connectivity index (χ4n) is 2.82. The van der Waals surface area contributed by atoms with Crippen molar-refractivity contribution in [3.8, 4) is 11.5 Å². The normalized spacial score (nSPS) is 10.7. The highest BCUT2D eigenvalue weighted by Gasteiger charge is 2.10. The summed E-state index contributed by atoms with van der Waals surface area (Å²) in [5.74, 6) is 1.06. The van der Waals surface area contributed by atoms with Crippen molar-refractivity contribution in [2.75, 3.05) is 6.61 Å². The molecule has 0 saturated heterocycles. The Bertz CT molecular complexity index is 1000. The van der Waals surface area contributed by atoms with Crippen molar-refractivity contribution in [2.45, 2.75) is 33.3 Å². The number of rotatable bonds is 8. The molecule has 27 heavy (non-hydrogen) atoms. The molecular formula is C22H22O5. The third kappa shape index (κ3) is 4.37. The molecule has 0 aliphatic heterocycles. The first-order chi connectivity index (χ1) is 13.1. The summed E-state index contributed by atoms with van der Waals surface area (Å²) in [4.78, 5) is 23.2. The Morgan fingerprint density at radius 2 is 1.89 bits per heavy atom. The number of ether oxygens (including phenoxy) is 2. The molecule has 0 amide bonds. The fourth-order valence-corrected chi connectivity index (χ4v) is 2.82. The summed E-state index contributed by atoms with van der Waals surface area (Å²) in [5, 5.41) is 0.817. The lowest BCUT2D eigenvalue weighted by atomic mass is 10.1. The highest BCUT2D eigenvalue weighted by atomic mass is 16.5. The maximum atomic E-state index is 11.9. The van der Waals surface area contributed by atoms with E-state index in [0.29, 0.717) is 34.8 Å². The van der Waals surface area contributed by atoms with Crippen molar-refractivity contribution in [1.29, 1.82) is 0 Å². The van der Waals surface area contributed by atoms with E-state index in [1.165, 1.54) is 6.07 Å². The molecule has 0 saturated carbocycles. The number of fused-ring (bicyclic) bond motifs is 1. The second-order valence-electron chi connectivity index (χ2n) is 6.23. The van der Waals surface area contributed by atoms with Crippen molar-refractivity contribution in [1.82, 2.24) is 0 Å². The number of carbonyl (C=O) groups is 1. The first kappa shape index (κ1) is 18.7. The van der Waals surface area contributed by atoms with Crippen LogP contribution in [0.5, 0.6) is 11.5 Å². The van der Waals surface area contributed by atoms with Crippen LogP contribution >= 0.6 is 0 Å². The van der Waals surface area contributed by atoms with Gasteiger partial charge < -0.3 is 13.9 Å². The van der Waals surface area contributed by atoms with Crippen molar-refractivity contribution >= 4 is 17.3 Å². The minimum absolute atomic E-state index is 0.144. The molecule has 0 fully saturated rings. The zero-order chi connectivity index (χ0) is 19.2. The predicted octanol–water partition coefficient (Wildman–Crippen LogP) is 4.54. The quantitative estimate of drug-likeness (QED) is 0.433. The molecule has 0 aliphatic rings. The number of aldehydes is 1. The number of hydrogen-bond donors (Lipinski definition) is 0. The molecule has 0 atom stereocenters. The first-order valence-corrected chi connectivity index (χ1v) is 9.05. The average Bonchev–Trinajstić information content (AvgIpc) is 2.69. The highest BCUT2D eigenvalue weighted by Crippen LogP contribution is 2.26. The molecule has 5 nitrogen and oxygen atoms in total. The van der Waals surface area contributed by atoms with Gasteiger partial charge in [0.05, 0.1) is 12.2 Å². The SMILES string of the molecule is CCCOc1ccc(C=O)c(OCc2cc(=O)oc3cc(CC)ccc23)c1. The Morgan fingerprint density at radius 3 is 2.63 bits per heavy atom. The van der Waals surface area contributed by atoms with Crippen LogP contribution in [-0.2, 0) is 13.0 Å². The second kappa shape index (κ2) is 8.54. The molecule has 2 aromatic carbocycles. The smallest absolute Gasteiger partial charge is 0.336 e. The van der Waals surface area contributed by atoms with E-state index in [4.69, 9.17) is 13.9 Å². The number of benzene rings is 2. The molecule has 0 N–H and O–H groups in total. The fraction of sp³-hybridized carbons (Fsp3) is 0.273. The third-order valence-corrected chi connectivity index (χ3v) is 4.27. The van der Waals surface area contributed by atoms with E-state index in [0.717, 1.165) is 30.1 Å². The van der Waals surface area contributed by atoms with Crippen molar-refractivity contribution in [3.05, 3.63) is 69.6 Å². The molecular weight excluding hydrogens is 344 g/mol. The molecule has 0 radical (unpaired) electrons. The van der Waals surface area contributed by atoms with Crippen LogP contribution < -0.4 is 15.1 Å². The van der Waals surface area contributed by atoms with Gasteiger partial charge in [0.15, 0.2) is 6.29 Å². The zero-order valence-corrected chi connectivity index (χ0v) is 15.5. The molecule has 0 unspecified atom stereocenters. The van der Waals surface area contributed by atoms with Crippen LogP contribution in [0.3, 0.4) is 0 Å². The van der Waals surface area contributed by atoms with Gasteiger partial charge in [-0.05, 0) is 36.6 Å². The zero-order valence-electron chi connectivity index (χ0n) is 15.5. The van der Waals surface area contributed by atoms with Crippen molar-refractivity contribution in [2.24, 2.45) is 0 Å². The molecule has 0 aliphatic carbocycles. The number of aryl methyl sites for hydroxylation is 1. The van der Waals surface area contributed by atoms with Crippen LogP contribution in [0.2, 0.25) is 0 Å². The summed E-state index contributed by atoms with van der Waals surface area (Å²) in [6.45, 7) is 4.80. The van der Waals surface area contributed by atoms with Gasteiger partial charge in [-0.15, -0.1) is 0 Å². The van der Waals surface area contributed by atoms with Gasteiger partial charge in [-0.2, -0.15) is 0 Å². The Balaban J connectivity index is 1.90. The lowest BCUT2D eigenvalue weighted by molar-refractivity contribution is 0.111. The summed E-state index contributed by atoms with van der Waals surface area (Å²) >= 11 is 0. The van der Waals surface area contributed by atoms with Gasteiger partial charge in [0.2, 0.25) is 0 Å². The topological polar surface area (TPSA) is 65.7 Å². The number of carbonyl (C=O) groups excluding carboxylic acids is 1. The third-order valence-electron chi connectivity index (χ3n) is 4.27. The summed E-state index contributed by atoms with van der Waals surface area (Å²) in [6, 6.07) is 12.3. The summed E-state index contributed by atoms with van der Waals surface area (Å²) in [7, 11) is 0. The Kier molecular flexibility index (Phi) is 5.91. The standard InChI is InChI=1S/C22H22O5/c1-3-9-25-18-7-6-16(13-23)20(12-18)26-14-17-11-22(24)27-21-10-15(4-2)5-8-19(17)21/h5-8,10-13H,3-4,9,14H2,1-2H3. The number of hydrogen-bond acceptors (Lipinski definition) is 5. The summed E-state index contributed by atoms with van der Waals surface area (Å²) < 4.78 is 16.8. The van der Waals surface area contributed by atoms with Gasteiger partial charge in [0.25, 0.3) is 0 Å². The molecule has 0 bridgehead atoms. The van der Waals surface area contributed by atoms with Gasteiger partial charge in [0, 0.05) is 23.1 Å². The predicted molar refractivity (Wildman–Crippen MR) is 104 cm³/mol. The highest BCUT2D eigenvalue weighted by molar-refractivity contribution is 5.81. The molecule has 0 spiro atoms. The average molecular weight is 366 g/mol. The van der Waals surface area contributed by atoms with Crippen molar-refractivity contribution in [3.63, 3.8) is 0 Å². The molecule has 3 rings (SSSR count). The van der Waals surface area contributed by atoms with Gasteiger partial charge >= 0.3 is 5.63 Å². The molecule has 1 aromatic heterocycles.